The second-order valence-electron chi connectivity index (χ2n) is 6.34. The van der Waals surface area contributed by atoms with Gasteiger partial charge in [0.1, 0.15) is 0 Å². The lowest BCUT2D eigenvalue weighted by Crippen LogP contribution is -2.34. The summed E-state index contributed by atoms with van der Waals surface area (Å²) in [5, 5.41) is 3.72. The molecule has 2 aliphatic rings. The SMILES string of the molecule is CCNC(Cc1ccc(Br)s1)CC1CC2CCC1C2. The molecule has 2 fully saturated rings. The van der Waals surface area contributed by atoms with Gasteiger partial charge >= 0.3 is 0 Å². The molecule has 3 heteroatoms. The second-order valence-corrected chi connectivity index (χ2v) is 8.88. The maximum atomic E-state index is 3.72. The monoisotopic (exact) mass is 341 g/mol. The number of fused-ring (bicyclic) bond motifs is 2. The highest BCUT2D eigenvalue weighted by Gasteiger charge is 2.39. The van der Waals surface area contributed by atoms with Crippen molar-refractivity contribution in [2.45, 2.75) is 51.5 Å². The van der Waals surface area contributed by atoms with Crippen LogP contribution in [0, 0.1) is 17.8 Å². The molecule has 0 aliphatic heterocycles. The summed E-state index contributed by atoms with van der Waals surface area (Å²) in [5.74, 6) is 3.14. The van der Waals surface area contributed by atoms with Crippen LogP contribution in [0.2, 0.25) is 0 Å². The van der Waals surface area contributed by atoms with E-state index in [0.29, 0.717) is 6.04 Å². The molecule has 0 radical (unpaired) electrons. The van der Waals surface area contributed by atoms with Crippen molar-refractivity contribution in [3.63, 3.8) is 0 Å². The number of nitrogens with one attached hydrogen (secondary N) is 1. The zero-order chi connectivity index (χ0) is 13.2. The summed E-state index contributed by atoms with van der Waals surface area (Å²) in [4.78, 5) is 1.51. The molecular formula is C16H24BrNS. The molecule has 1 heterocycles. The highest BCUT2D eigenvalue weighted by Crippen LogP contribution is 2.50. The third-order valence-electron chi connectivity index (χ3n) is 5.04. The van der Waals surface area contributed by atoms with Crippen LogP contribution in [0.15, 0.2) is 15.9 Å². The van der Waals surface area contributed by atoms with Crippen LogP contribution < -0.4 is 5.32 Å². The van der Waals surface area contributed by atoms with Crippen LogP contribution in [-0.4, -0.2) is 12.6 Å². The van der Waals surface area contributed by atoms with Crippen LogP contribution in [-0.2, 0) is 6.42 Å². The molecule has 106 valence electrons. The van der Waals surface area contributed by atoms with Crippen LogP contribution in [0.5, 0.6) is 0 Å². The summed E-state index contributed by atoms with van der Waals surface area (Å²) in [6.07, 6.45) is 8.68. The van der Waals surface area contributed by atoms with Gasteiger partial charge in [-0.3, -0.25) is 0 Å². The molecule has 1 aromatic rings. The summed E-state index contributed by atoms with van der Waals surface area (Å²) in [6, 6.07) is 5.14. The first-order chi connectivity index (χ1) is 9.24. The average Bonchev–Trinajstić information content (AvgIpc) is 3.06. The van der Waals surface area contributed by atoms with Gasteiger partial charge in [-0.1, -0.05) is 13.3 Å². The van der Waals surface area contributed by atoms with Crippen molar-refractivity contribution in [3.05, 3.63) is 20.8 Å². The highest BCUT2D eigenvalue weighted by atomic mass is 79.9. The standard InChI is InChI=1S/C16H24BrNS/c1-2-18-14(10-15-5-6-16(17)19-15)9-13-8-11-3-4-12(13)7-11/h5-6,11-14,18H,2-4,7-10H2,1H3. The quantitative estimate of drug-likeness (QED) is 0.779. The molecule has 0 spiro atoms. The van der Waals surface area contributed by atoms with E-state index in [-0.39, 0.29) is 0 Å². The van der Waals surface area contributed by atoms with Gasteiger partial charge in [0.2, 0.25) is 0 Å². The average molecular weight is 342 g/mol. The van der Waals surface area contributed by atoms with E-state index in [4.69, 9.17) is 0 Å². The summed E-state index contributed by atoms with van der Waals surface area (Å²) in [7, 11) is 0. The van der Waals surface area contributed by atoms with Crippen LogP contribution in [0.25, 0.3) is 0 Å². The Balaban J connectivity index is 1.58. The smallest absolute Gasteiger partial charge is 0.0701 e. The molecule has 1 N–H and O–H groups in total. The van der Waals surface area contributed by atoms with Gasteiger partial charge in [-0.05, 0) is 84.5 Å². The number of halogens is 1. The number of hydrogen-bond donors (Lipinski definition) is 1. The largest absolute Gasteiger partial charge is 0.314 e. The van der Waals surface area contributed by atoms with Gasteiger partial charge in [0.05, 0.1) is 3.79 Å². The minimum atomic E-state index is 0.680. The van der Waals surface area contributed by atoms with Crippen LogP contribution in [0.3, 0.4) is 0 Å². The Morgan fingerprint density at radius 2 is 2.26 bits per heavy atom. The van der Waals surface area contributed by atoms with E-state index in [1.807, 2.05) is 11.3 Å². The molecule has 1 aromatic heterocycles. The van der Waals surface area contributed by atoms with Gasteiger partial charge in [0.15, 0.2) is 0 Å². The van der Waals surface area contributed by atoms with E-state index in [0.717, 1.165) is 24.3 Å². The molecule has 4 unspecified atom stereocenters. The molecule has 19 heavy (non-hydrogen) atoms. The number of thiophene rings is 1. The molecule has 3 rings (SSSR count). The Labute approximate surface area is 129 Å². The second kappa shape index (κ2) is 6.28. The van der Waals surface area contributed by atoms with Crippen LogP contribution in [0.1, 0.15) is 43.9 Å². The predicted molar refractivity (Wildman–Crippen MR) is 86.7 cm³/mol. The summed E-state index contributed by atoms with van der Waals surface area (Å²) in [6.45, 7) is 3.33. The molecule has 1 nitrogen and oxygen atoms in total. The molecule has 0 amide bonds. The maximum absolute atomic E-state index is 3.72. The van der Waals surface area contributed by atoms with Crippen molar-refractivity contribution in [3.8, 4) is 0 Å². The van der Waals surface area contributed by atoms with E-state index in [1.165, 1.54) is 47.2 Å². The lowest BCUT2D eigenvalue weighted by atomic mass is 9.83. The molecular weight excluding hydrogens is 318 g/mol. The van der Waals surface area contributed by atoms with E-state index < -0.39 is 0 Å². The molecule has 0 saturated heterocycles. The van der Waals surface area contributed by atoms with E-state index in [2.05, 4.69) is 40.3 Å². The zero-order valence-electron chi connectivity index (χ0n) is 11.7. The molecule has 2 aliphatic carbocycles. The predicted octanol–water partition coefficient (Wildman–Crippen LogP) is 4.86. The Hall–Kier alpha value is 0.140. The first-order valence-electron chi connectivity index (χ1n) is 7.72. The highest BCUT2D eigenvalue weighted by molar-refractivity contribution is 9.11. The Morgan fingerprint density at radius 3 is 2.84 bits per heavy atom. The van der Waals surface area contributed by atoms with Gasteiger partial charge in [0.25, 0.3) is 0 Å². The molecule has 0 aromatic carbocycles. The van der Waals surface area contributed by atoms with Crippen molar-refractivity contribution >= 4 is 27.3 Å². The van der Waals surface area contributed by atoms with Crippen molar-refractivity contribution in [1.82, 2.24) is 5.32 Å². The zero-order valence-corrected chi connectivity index (χ0v) is 14.1. The van der Waals surface area contributed by atoms with Gasteiger partial charge in [0, 0.05) is 10.9 Å². The fourth-order valence-corrected chi connectivity index (χ4v) is 5.83. The lowest BCUT2D eigenvalue weighted by Gasteiger charge is -2.27. The Morgan fingerprint density at radius 1 is 1.37 bits per heavy atom. The summed E-state index contributed by atoms with van der Waals surface area (Å²) in [5.41, 5.74) is 0. The van der Waals surface area contributed by atoms with Crippen molar-refractivity contribution in [2.75, 3.05) is 6.54 Å². The summed E-state index contributed by atoms with van der Waals surface area (Å²) >= 11 is 5.47. The topological polar surface area (TPSA) is 12.0 Å². The molecule has 2 bridgehead atoms. The first-order valence-corrected chi connectivity index (χ1v) is 9.33. The fraction of sp³-hybridized carbons (Fsp3) is 0.750. The number of likely N-dealkylation sites (N-methyl/N-ethyl adjacent to an activating group) is 1. The van der Waals surface area contributed by atoms with Crippen molar-refractivity contribution in [2.24, 2.45) is 17.8 Å². The summed E-state index contributed by atoms with van der Waals surface area (Å²) < 4.78 is 1.26. The number of hydrogen-bond acceptors (Lipinski definition) is 2. The Kier molecular flexibility index (Phi) is 4.66. The van der Waals surface area contributed by atoms with Crippen molar-refractivity contribution < 1.29 is 0 Å². The third-order valence-corrected chi connectivity index (χ3v) is 6.69. The Bertz CT molecular complexity index is 417. The van der Waals surface area contributed by atoms with Crippen molar-refractivity contribution in [1.29, 1.82) is 0 Å². The maximum Gasteiger partial charge on any atom is 0.0701 e. The fourth-order valence-electron chi connectivity index (χ4n) is 4.26. The van der Waals surface area contributed by atoms with Gasteiger partial charge < -0.3 is 5.32 Å². The first kappa shape index (κ1) is 14.1. The van der Waals surface area contributed by atoms with Gasteiger partial charge in [-0.2, -0.15) is 0 Å². The van der Waals surface area contributed by atoms with Crippen LogP contribution >= 0.6 is 27.3 Å². The third kappa shape index (κ3) is 3.43. The lowest BCUT2D eigenvalue weighted by molar-refractivity contribution is 0.278. The minimum absolute atomic E-state index is 0.680. The van der Waals surface area contributed by atoms with Gasteiger partial charge in [-0.25, -0.2) is 0 Å². The minimum Gasteiger partial charge on any atom is -0.314 e. The molecule has 4 atom stereocenters. The van der Waals surface area contributed by atoms with E-state index >= 15 is 0 Å². The van der Waals surface area contributed by atoms with E-state index in [9.17, 15) is 0 Å². The van der Waals surface area contributed by atoms with Crippen LogP contribution in [0.4, 0.5) is 0 Å². The normalized spacial score (nSPS) is 30.9. The number of rotatable bonds is 6. The van der Waals surface area contributed by atoms with E-state index in [1.54, 1.807) is 0 Å². The molecule has 2 saturated carbocycles. The van der Waals surface area contributed by atoms with Gasteiger partial charge in [-0.15, -0.1) is 11.3 Å².